The van der Waals surface area contributed by atoms with Gasteiger partial charge in [0, 0.05) is 18.8 Å². The Bertz CT molecular complexity index is 807. The van der Waals surface area contributed by atoms with Crippen molar-refractivity contribution in [3.05, 3.63) is 70.0 Å². The van der Waals surface area contributed by atoms with E-state index in [1.165, 1.54) is 12.4 Å². The van der Waals surface area contributed by atoms with Gasteiger partial charge < -0.3 is 15.2 Å². The van der Waals surface area contributed by atoms with E-state index in [1.807, 2.05) is 51.1 Å². The van der Waals surface area contributed by atoms with Crippen LogP contribution in [0.25, 0.3) is 0 Å². The Kier molecular flexibility index (Phi) is 6.07. The summed E-state index contributed by atoms with van der Waals surface area (Å²) in [5.41, 5.74) is 1.22. The molecule has 2 heterocycles. The number of benzene rings is 1. The number of pyridine rings is 1. The van der Waals surface area contributed by atoms with E-state index < -0.39 is 23.2 Å². The summed E-state index contributed by atoms with van der Waals surface area (Å²) >= 11 is 0. The molecule has 2 N–H and O–H groups in total. The number of ether oxygens (including phenoxy) is 1. The average Bonchev–Trinajstić information content (AvgIpc) is 2.67. The molecular formula is C21H27N3O4. The molecule has 1 aliphatic heterocycles. The van der Waals surface area contributed by atoms with Gasteiger partial charge in [-0.25, -0.2) is 0 Å². The van der Waals surface area contributed by atoms with Gasteiger partial charge >= 0.3 is 0 Å². The normalized spacial score (nSPS) is 25.4. The number of hydrogen-bond donors (Lipinski definition) is 2. The second kappa shape index (κ2) is 8.34. The highest BCUT2D eigenvalue weighted by Gasteiger charge is 2.44. The first kappa shape index (κ1) is 20.4. The van der Waals surface area contributed by atoms with Gasteiger partial charge in [0.05, 0.1) is 28.8 Å². The Labute approximate surface area is 164 Å². The second-order valence-electron chi connectivity index (χ2n) is 8.30. The molecule has 1 aromatic carbocycles. The van der Waals surface area contributed by atoms with E-state index in [0.717, 1.165) is 5.56 Å². The summed E-state index contributed by atoms with van der Waals surface area (Å²) in [6, 6.07) is 11.3. The monoisotopic (exact) mass is 385 g/mol. The molecule has 0 radical (unpaired) electrons. The minimum absolute atomic E-state index is 0.0571. The summed E-state index contributed by atoms with van der Waals surface area (Å²) < 4.78 is 6.20. The smallest absolute Gasteiger partial charge is 0.293 e. The third-order valence-corrected chi connectivity index (χ3v) is 5.14. The molecule has 0 amide bonds. The van der Waals surface area contributed by atoms with E-state index in [-0.39, 0.29) is 17.1 Å². The molecule has 4 atom stereocenters. The lowest BCUT2D eigenvalue weighted by Gasteiger charge is -2.45. The molecule has 1 aliphatic rings. The zero-order valence-electron chi connectivity index (χ0n) is 16.4. The lowest BCUT2D eigenvalue weighted by molar-refractivity contribution is -0.386. The van der Waals surface area contributed by atoms with E-state index in [0.29, 0.717) is 18.5 Å². The number of hydrogen-bond acceptors (Lipinski definition) is 6. The molecule has 0 saturated carbocycles. The van der Waals surface area contributed by atoms with Crippen molar-refractivity contribution in [3.63, 3.8) is 0 Å². The zero-order chi connectivity index (χ0) is 20.3. The fourth-order valence-electron chi connectivity index (χ4n) is 3.68. The number of aliphatic hydroxyl groups excluding tert-OH is 1. The Hall–Kier alpha value is -2.35. The Balaban J connectivity index is 1.86. The van der Waals surface area contributed by atoms with Crippen molar-refractivity contribution in [2.24, 2.45) is 5.41 Å². The predicted octanol–water partition coefficient (Wildman–Crippen LogP) is 3.39. The highest BCUT2D eigenvalue weighted by atomic mass is 16.6. The van der Waals surface area contributed by atoms with Crippen LogP contribution < -0.4 is 5.32 Å². The molecule has 0 unspecified atom stereocenters. The summed E-state index contributed by atoms with van der Waals surface area (Å²) in [6.45, 7) is 6.60. The maximum atomic E-state index is 11.4. The van der Waals surface area contributed by atoms with Gasteiger partial charge in [-0.05, 0) is 23.5 Å². The summed E-state index contributed by atoms with van der Waals surface area (Å²) in [7, 11) is 0. The molecule has 2 aromatic rings. The largest absolute Gasteiger partial charge is 0.389 e. The third-order valence-electron chi connectivity index (χ3n) is 5.14. The topological polar surface area (TPSA) is 97.5 Å². The SMILES string of the molecule is CC(C)(C)[C@H]1O[C@@H](c2ccncc2[N+](=O)[O-])C[C@@H](NCc2ccccc2)[C@@H]1O. The number of rotatable bonds is 5. The zero-order valence-corrected chi connectivity index (χ0v) is 16.4. The minimum atomic E-state index is -0.721. The minimum Gasteiger partial charge on any atom is -0.389 e. The molecule has 3 rings (SSSR count). The quantitative estimate of drug-likeness (QED) is 0.605. The maximum absolute atomic E-state index is 11.4. The molecule has 0 spiro atoms. The van der Waals surface area contributed by atoms with Crippen molar-refractivity contribution in [1.29, 1.82) is 0 Å². The van der Waals surface area contributed by atoms with Gasteiger partial charge in [0.1, 0.15) is 6.20 Å². The van der Waals surface area contributed by atoms with Crippen LogP contribution in [0.2, 0.25) is 0 Å². The fourth-order valence-corrected chi connectivity index (χ4v) is 3.68. The van der Waals surface area contributed by atoms with Crippen LogP contribution in [0.5, 0.6) is 0 Å². The maximum Gasteiger partial charge on any atom is 0.293 e. The molecule has 7 nitrogen and oxygen atoms in total. The highest BCUT2D eigenvalue weighted by Crippen LogP contribution is 2.41. The van der Waals surface area contributed by atoms with Crippen LogP contribution in [-0.4, -0.2) is 33.3 Å². The van der Waals surface area contributed by atoms with Crippen LogP contribution in [0, 0.1) is 15.5 Å². The first-order chi connectivity index (χ1) is 13.3. The first-order valence-corrected chi connectivity index (χ1v) is 9.46. The van der Waals surface area contributed by atoms with Crippen LogP contribution in [0.1, 0.15) is 44.4 Å². The Morgan fingerprint density at radius 3 is 2.64 bits per heavy atom. The Morgan fingerprint density at radius 1 is 1.29 bits per heavy atom. The number of nitrogens with one attached hydrogen (secondary N) is 1. The van der Waals surface area contributed by atoms with E-state index in [1.54, 1.807) is 6.07 Å². The van der Waals surface area contributed by atoms with Gasteiger partial charge in [-0.3, -0.25) is 15.1 Å². The first-order valence-electron chi connectivity index (χ1n) is 9.46. The van der Waals surface area contributed by atoms with E-state index in [2.05, 4.69) is 10.3 Å². The molecular weight excluding hydrogens is 358 g/mol. The molecule has 1 saturated heterocycles. The average molecular weight is 385 g/mol. The van der Waals surface area contributed by atoms with Crippen LogP contribution in [-0.2, 0) is 11.3 Å². The van der Waals surface area contributed by atoms with Crippen molar-refractivity contribution in [2.75, 3.05) is 0 Å². The number of nitrogens with zero attached hydrogens (tertiary/aromatic N) is 2. The molecule has 150 valence electrons. The number of nitro groups is 1. The molecule has 0 bridgehead atoms. The molecule has 1 aromatic heterocycles. The standard InChI is InChI=1S/C21H27N3O4/c1-21(2,3)20-19(25)16(23-12-14-7-5-4-6-8-14)11-18(28-20)15-9-10-22-13-17(15)24(26)27/h4-10,13,16,18-20,23,25H,11-12H2,1-3H3/t16-,18-,19+,20+/m1/s1. The fraction of sp³-hybridized carbons (Fsp3) is 0.476. The number of aromatic nitrogens is 1. The molecule has 1 fully saturated rings. The molecule has 28 heavy (non-hydrogen) atoms. The van der Waals surface area contributed by atoms with Crippen LogP contribution in [0.15, 0.2) is 48.8 Å². The summed E-state index contributed by atoms with van der Waals surface area (Å²) in [5.74, 6) is 0. The lowest BCUT2D eigenvalue weighted by Crippen LogP contribution is -2.56. The van der Waals surface area contributed by atoms with E-state index >= 15 is 0 Å². The van der Waals surface area contributed by atoms with Crippen molar-refractivity contribution >= 4 is 5.69 Å². The second-order valence-corrected chi connectivity index (χ2v) is 8.30. The van der Waals surface area contributed by atoms with E-state index in [4.69, 9.17) is 4.74 Å². The van der Waals surface area contributed by atoms with Gasteiger partial charge in [0.25, 0.3) is 5.69 Å². The summed E-state index contributed by atoms with van der Waals surface area (Å²) in [6.07, 6.45) is 1.54. The van der Waals surface area contributed by atoms with Gasteiger partial charge in [0.2, 0.25) is 0 Å². The Morgan fingerprint density at radius 2 is 2.00 bits per heavy atom. The van der Waals surface area contributed by atoms with Gasteiger partial charge in [0.15, 0.2) is 0 Å². The van der Waals surface area contributed by atoms with Crippen molar-refractivity contribution in [2.45, 2.75) is 58.1 Å². The van der Waals surface area contributed by atoms with Gasteiger partial charge in [-0.15, -0.1) is 0 Å². The van der Waals surface area contributed by atoms with Crippen LogP contribution >= 0.6 is 0 Å². The summed E-state index contributed by atoms with van der Waals surface area (Å²) in [4.78, 5) is 14.9. The van der Waals surface area contributed by atoms with E-state index in [9.17, 15) is 15.2 Å². The van der Waals surface area contributed by atoms with Gasteiger partial charge in [-0.2, -0.15) is 0 Å². The third kappa shape index (κ3) is 4.55. The van der Waals surface area contributed by atoms with Crippen molar-refractivity contribution < 1.29 is 14.8 Å². The number of aliphatic hydroxyl groups is 1. The summed E-state index contributed by atoms with van der Waals surface area (Å²) in [5, 5.41) is 25.8. The van der Waals surface area contributed by atoms with Gasteiger partial charge in [-0.1, -0.05) is 51.1 Å². The molecule has 7 heteroatoms. The predicted molar refractivity (Wildman–Crippen MR) is 106 cm³/mol. The molecule has 0 aliphatic carbocycles. The van der Waals surface area contributed by atoms with Crippen LogP contribution in [0.3, 0.4) is 0 Å². The highest BCUT2D eigenvalue weighted by molar-refractivity contribution is 5.39. The van der Waals surface area contributed by atoms with Crippen molar-refractivity contribution in [3.8, 4) is 0 Å². The van der Waals surface area contributed by atoms with Crippen molar-refractivity contribution in [1.82, 2.24) is 10.3 Å². The lowest BCUT2D eigenvalue weighted by atomic mass is 9.79. The van der Waals surface area contributed by atoms with Crippen LogP contribution in [0.4, 0.5) is 5.69 Å².